The molecule has 0 bridgehead atoms. The van der Waals surface area contributed by atoms with Gasteiger partial charge in [0.25, 0.3) is 0 Å². The van der Waals surface area contributed by atoms with E-state index in [1.54, 1.807) is 0 Å². The lowest BCUT2D eigenvalue weighted by molar-refractivity contribution is 0.0512. The third-order valence-corrected chi connectivity index (χ3v) is 7.80. The maximum absolute atomic E-state index is 13.5. The van der Waals surface area contributed by atoms with Crippen molar-refractivity contribution >= 4 is 27.6 Å². The molecule has 3 heterocycles. The Hall–Kier alpha value is -4.10. The van der Waals surface area contributed by atoms with Crippen LogP contribution in [0.5, 0.6) is 5.75 Å². The second kappa shape index (κ2) is 11.6. The zero-order valence-electron chi connectivity index (χ0n) is 23.3. The zero-order chi connectivity index (χ0) is 27.5. The number of H-pyrrole nitrogens is 1. The van der Waals surface area contributed by atoms with E-state index in [1.807, 2.05) is 31.2 Å². The highest BCUT2D eigenvalue weighted by molar-refractivity contribution is 6.05. The molecule has 0 saturated carbocycles. The number of carbonyl (C=O) groups excluding carboxylic acids is 1. The average Bonchev–Trinajstić information content (AvgIpc) is 3.49. The lowest BCUT2D eigenvalue weighted by Gasteiger charge is -2.13. The molecule has 2 aromatic heterocycles. The fourth-order valence-electron chi connectivity index (χ4n) is 6.04. The van der Waals surface area contributed by atoms with Crippen LogP contribution in [0.25, 0.3) is 32.8 Å². The molecule has 0 aliphatic carbocycles. The van der Waals surface area contributed by atoms with Crippen molar-refractivity contribution < 1.29 is 14.3 Å². The topological polar surface area (TPSA) is 81.2 Å². The molecular formula is C33H36N4O3. The Morgan fingerprint density at radius 2 is 1.85 bits per heavy atom. The third-order valence-electron chi connectivity index (χ3n) is 7.80. The first-order chi connectivity index (χ1) is 19.7. The van der Waals surface area contributed by atoms with Crippen molar-refractivity contribution in [2.75, 3.05) is 19.8 Å². The minimum atomic E-state index is -0.258. The van der Waals surface area contributed by atoms with E-state index in [0.717, 1.165) is 87.9 Å². The average molecular weight is 537 g/mol. The Bertz CT molecular complexity index is 1660. The molecule has 0 unspecified atom stereocenters. The molecule has 5 aromatic rings. The number of benzene rings is 3. The Balaban J connectivity index is 1.40. The number of rotatable bonds is 7. The van der Waals surface area contributed by atoms with Crippen LogP contribution >= 0.6 is 0 Å². The van der Waals surface area contributed by atoms with Crippen LogP contribution in [0, 0.1) is 6.92 Å². The van der Waals surface area contributed by atoms with E-state index >= 15 is 0 Å². The predicted molar refractivity (Wildman–Crippen MR) is 159 cm³/mol. The fraction of sp³-hybridized carbons (Fsp3) is 0.333. The van der Waals surface area contributed by atoms with E-state index in [4.69, 9.17) is 9.47 Å². The first kappa shape index (κ1) is 26.1. The smallest absolute Gasteiger partial charge is 0.355 e. The monoisotopic (exact) mass is 536 g/mol. The number of hydrogen-bond donors (Lipinski definition) is 2. The number of ether oxygens (including phenoxy) is 2. The number of aromatic amines is 1. The van der Waals surface area contributed by atoms with Crippen LogP contribution < -0.4 is 10.1 Å². The lowest BCUT2D eigenvalue weighted by Crippen LogP contribution is -2.17. The normalized spacial score (nSPS) is 13.7. The van der Waals surface area contributed by atoms with Gasteiger partial charge in [-0.1, -0.05) is 54.6 Å². The molecule has 0 atom stereocenters. The summed E-state index contributed by atoms with van der Waals surface area (Å²) in [5.41, 5.74) is 7.04. The summed E-state index contributed by atoms with van der Waals surface area (Å²) in [4.78, 5) is 13.5. The van der Waals surface area contributed by atoms with Crippen LogP contribution in [-0.2, 0) is 24.2 Å². The van der Waals surface area contributed by atoms with E-state index in [1.165, 1.54) is 0 Å². The Morgan fingerprint density at radius 3 is 2.75 bits per heavy atom. The first-order valence-electron chi connectivity index (χ1n) is 14.3. The number of carbonyl (C=O) groups is 1. The highest BCUT2D eigenvalue weighted by Crippen LogP contribution is 2.38. The van der Waals surface area contributed by atoms with Crippen molar-refractivity contribution in [3.8, 4) is 16.9 Å². The number of nitrogens with zero attached hydrogens (tertiary/aromatic N) is 2. The first-order valence-corrected chi connectivity index (χ1v) is 14.3. The van der Waals surface area contributed by atoms with Gasteiger partial charge < -0.3 is 19.4 Å². The molecule has 7 heteroatoms. The molecule has 2 N–H and O–H groups in total. The molecule has 1 aliphatic heterocycles. The molecule has 7 nitrogen and oxygen atoms in total. The van der Waals surface area contributed by atoms with Gasteiger partial charge >= 0.3 is 5.97 Å². The quantitative estimate of drug-likeness (QED) is 0.182. The van der Waals surface area contributed by atoms with Crippen molar-refractivity contribution in [3.05, 3.63) is 83.3 Å². The minimum Gasteiger partial charge on any atom is -0.493 e. The number of esters is 1. The second-order valence-electron chi connectivity index (χ2n) is 10.4. The van der Waals surface area contributed by atoms with Gasteiger partial charge in [-0.2, -0.15) is 5.10 Å². The van der Waals surface area contributed by atoms with Gasteiger partial charge in [0.05, 0.1) is 24.4 Å². The van der Waals surface area contributed by atoms with Crippen molar-refractivity contribution in [2.24, 2.45) is 0 Å². The van der Waals surface area contributed by atoms with Gasteiger partial charge in [-0.05, 0) is 63.1 Å². The molecule has 40 heavy (non-hydrogen) atoms. The number of aromatic nitrogens is 3. The van der Waals surface area contributed by atoms with Crippen LogP contribution in [0.1, 0.15) is 53.6 Å². The maximum Gasteiger partial charge on any atom is 0.355 e. The maximum atomic E-state index is 13.5. The van der Waals surface area contributed by atoms with E-state index in [2.05, 4.69) is 63.4 Å². The summed E-state index contributed by atoms with van der Waals surface area (Å²) in [7, 11) is 0. The van der Waals surface area contributed by atoms with E-state index < -0.39 is 0 Å². The highest BCUT2D eigenvalue weighted by Gasteiger charge is 2.27. The van der Waals surface area contributed by atoms with Gasteiger partial charge in [-0.15, -0.1) is 0 Å². The summed E-state index contributed by atoms with van der Waals surface area (Å²) in [6.07, 6.45) is 3.46. The van der Waals surface area contributed by atoms with Gasteiger partial charge in [0.2, 0.25) is 0 Å². The van der Waals surface area contributed by atoms with Crippen molar-refractivity contribution in [1.82, 2.24) is 20.1 Å². The number of nitrogens with one attached hydrogen (secondary N) is 2. The van der Waals surface area contributed by atoms with Crippen LogP contribution in [0.15, 0.2) is 60.7 Å². The Kier molecular flexibility index (Phi) is 7.55. The lowest BCUT2D eigenvalue weighted by atomic mass is 9.98. The van der Waals surface area contributed by atoms with E-state index in [-0.39, 0.29) is 5.97 Å². The molecule has 0 radical (unpaired) electrons. The molecule has 6 rings (SSSR count). The number of para-hydroxylation sites is 1. The number of hydrogen-bond acceptors (Lipinski definition) is 5. The Labute approximate surface area is 234 Å². The summed E-state index contributed by atoms with van der Waals surface area (Å²) in [5.74, 6) is 0.631. The third kappa shape index (κ3) is 4.86. The molecule has 0 spiro atoms. The summed E-state index contributed by atoms with van der Waals surface area (Å²) in [6, 6.07) is 20.8. The molecule has 0 saturated heterocycles. The number of fused-ring (bicyclic) bond motifs is 3. The van der Waals surface area contributed by atoms with Gasteiger partial charge in [0.1, 0.15) is 11.4 Å². The second-order valence-corrected chi connectivity index (χ2v) is 10.4. The molecule has 1 aliphatic rings. The standard InChI is InChI=1S/C33H36N4O3/c1-3-39-33(38)32-26(16-10-20-40-29-17-8-12-23-11-4-5-13-24(23)29)25-14-9-15-27-30-22(2)35-36-28(30)21-34-18-6-7-19-37(32)31(25)27/h4-5,8-9,11-15,17,34H,3,6-7,10,16,18-21H2,1-2H3,(H,35,36). The molecule has 3 aromatic carbocycles. The molecular weight excluding hydrogens is 500 g/mol. The van der Waals surface area contributed by atoms with Gasteiger partial charge in [-0.3, -0.25) is 5.10 Å². The number of aryl methyl sites for hydroxylation is 3. The van der Waals surface area contributed by atoms with Crippen LogP contribution in [0.4, 0.5) is 0 Å². The van der Waals surface area contributed by atoms with Crippen molar-refractivity contribution in [1.29, 1.82) is 0 Å². The van der Waals surface area contributed by atoms with Gasteiger partial charge in [0, 0.05) is 40.7 Å². The van der Waals surface area contributed by atoms with Crippen molar-refractivity contribution in [3.63, 3.8) is 0 Å². The highest BCUT2D eigenvalue weighted by atomic mass is 16.5. The van der Waals surface area contributed by atoms with Crippen LogP contribution in [0.2, 0.25) is 0 Å². The van der Waals surface area contributed by atoms with Gasteiger partial charge in [-0.25, -0.2) is 4.79 Å². The zero-order valence-corrected chi connectivity index (χ0v) is 23.3. The summed E-state index contributed by atoms with van der Waals surface area (Å²) in [6.45, 7) is 7.19. The Morgan fingerprint density at radius 1 is 1.02 bits per heavy atom. The molecule has 0 amide bonds. The SMILES string of the molecule is CCOC(=O)c1c(CCCOc2cccc3ccccc23)c2cccc3c2n1CCCCNCc1n[nH]c(C)c1-3. The predicted octanol–water partition coefficient (Wildman–Crippen LogP) is 6.56. The van der Waals surface area contributed by atoms with Crippen molar-refractivity contribution in [2.45, 2.75) is 52.6 Å². The van der Waals surface area contributed by atoms with Gasteiger partial charge in [0.15, 0.2) is 0 Å². The summed E-state index contributed by atoms with van der Waals surface area (Å²) >= 11 is 0. The van der Waals surface area contributed by atoms with E-state index in [0.29, 0.717) is 31.9 Å². The molecule has 0 fully saturated rings. The molecule has 206 valence electrons. The summed E-state index contributed by atoms with van der Waals surface area (Å²) < 4.78 is 14.1. The fourth-order valence-corrected chi connectivity index (χ4v) is 6.04. The minimum absolute atomic E-state index is 0.258. The summed E-state index contributed by atoms with van der Waals surface area (Å²) in [5, 5.41) is 14.7. The van der Waals surface area contributed by atoms with E-state index in [9.17, 15) is 4.79 Å². The van der Waals surface area contributed by atoms with Crippen LogP contribution in [-0.4, -0.2) is 40.5 Å². The van der Waals surface area contributed by atoms with Crippen LogP contribution in [0.3, 0.4) is 0 Å². The largest absolute Gasteiger partial charge is 0.493 e.